The number of amidine groups is 1. The molecule has 0 saturated carbocycles. The van der Waals surface area contributed by atoms with Crippen LogP contribution in [0, 0.1) is 5.92 Å². The summed E-state index contributed by atoms with van der Waals surface area (Å²) >= 11 is 1.76. The van der Waals surface area contributed by atoms with Crippen LogP contribution in [0.4, 0.5) is 5.69 Å². The van der Waals surface area contributed by atoms with Crippen molar-refractivity contribution in [2.75, 3.05) is 0 Å². The van der Waals surface area contributed by atoms with Gasteiger partial charge in [0.2, 0.25) is 5.91 Å². The first-order valence-corrected chi connectivity index (χ1v) is 8.31. The highest BCUT2D eigenvalue weighted by Gasteiger charge is 2.45. The van der Waals surface area contributed by atoms with E-state index in [1.54, 1.807) is 11.8 Å². The van der Waals surface area contributed by atoms with Crippen LogP contribution in [-0.2, 0) is 11.3 Å². The number of carbonyl (C=O) groups is 1. The van der Waals surface area contributed by atoms with E-state index in [4.69, 9.17) is 4.99 Å². The molecule has 0 aliphatic carbocycles. The third-order valence-corrected chi connectivity index (χ3v) is 5.65. The van der Waals surface area contributed by atoms with Crippen molar-refractivity contribution in [1.82, 2.24) is 4.90 Å². The predicted octanol–water partition coefficient (Wildman–Crippen LogP) is 3.87. The average Bonchev–Trinajstić information content (AvgIpc) is 2.79. The van der Waals surface area contributed by atoms with Gasteiger partial charge in [-0.05, 0) is 17.7 Å². The van der Waals surface area contributed by atoms with Gasteiger partial charge in [0.1, 0.15) is 5.84 Å². The highest BCUT2D eigenvalue weighted by molar-refractivity contribution is 8.01. The van der Waals surface area contributed by atoms with E-state index in [-0.39, 0.29) is 17.1 Å². The molecule has 2 aromatic carbocycles. The molecule has 3 nitrogen and oxygen atoms in total. The van der Waals surface area contributed by atoms with E-state index in [1.807, 2.05) is 48.2 Å². The molecule has 0 radical (unpaired) electrons. The van der Waals surface area contributed by atoms with E-state index in [0.29, 0.717) is 6.54 Å². The molecule has 1 saturated heterocycles. The Balaban J connectivity index is 1.73. The number of fused-ring (bicyclic) bond motifs is 2. The second-order valence-corrected chi connectivity index (χ2v) is 6.86. The van der Waals surface area contributed by atoms with Crippen LogP contribution < -0.4 is 0 Å². The van der Waals surface area contributed by atoms with Gasteiger partial charge in [0.15, 0.2) is 0 Å². The molecule has 2 unspecified atom stereocenters. The highest BCUT2D eigenvalue weighted by atomic mass is 32.2. The normalized spacial score (nSPS) is 23.0. The van der Waals surface area contributed by atoms with Crippen molar-refractivity contribution >= 4 is 29.2 Å². The van der Waals surface area contributed by atoms with Gasteiger partial charge >= 0.3 is 0 Å². The number of para-hydroxylation sites is 1. The monoisotopic (exact) mass is 308 g/mol. The molecule has 1 fully saturated rings. The van der Waals surface area contributed by atoms with Crippen LogP contribution in [0.1, 0.15) is 12.5 Å². The number of carbonyl (C=O) groups excluding carboxylic acids is 1. The lowest BCUT2D eigenvalue weighted by Gasteiger charge is -2.23. The standard InChI is InChI=1S/C18H16N2OS/c1-12-16-17(19-14-9-5-6-10-15(14)22-16)20(18(12)21)11-13-7-3-2-4-8-13/h2-10,12,16H,11H2,1H3. The molecule has 2 aliphatic heterocycles. The largest absolute Gasteiger partial charge is 0.295 e. The molecule has 0 N–H and O–H groups in total. The molecule has 2 atom stereocenters. The average molecular weight is 308 g/mol. The van der Waals surface area contributed by atoms with Gasteiger partial charge in [-0.2, -0.15) is 0 Å². The Morgan fingerprint density at radius 2 is 1.82 bits per heavy atom. The summed E-state index contributed by atoms with van der Waals surface area (Å²) in [5.41, 5.74) is 2.11. The molecule has 0 bridgehead atoms. The van der Waals surface area contributed by atoms with Crippen LogP contribution in [0.15, 0.2) is 64.5 Å². The number of benzene rings is 2. The van der Waals surface area contributed by atoms with Crippen molar-refractivity contribution in [3.05, 3.63) is 60.2 Å². The fraction of sp³-hybridized carbons (Fsp3) is 0.222. The number of hydrogen-bond donors (Lipinski definition) is 0. The zero-order chi connectivity index (χ0) is 15.1. The Hall–Kier alpha value is -2.07. The molecule has 0 aromatic heterocycles. The fourth-order valence-electron chi connectivity index (χ4n) is 2.98. The lowest BCUT2D eigenvalue weighted by molar-refractivity contribution is -0.129. The molecule has 2 heterocycles. The van der Waals surface area contributed by atoms with Crippen LogP contribution in [0.3, 0.4) is 0 Å². The summed E-state index contributed by atoms with van der Waals surface area (Å²) in [5.74, 6) is 1.05. The summed E-state index contributed by atoms with van der Waals surface area (Å²) in [6.07, 6.45) is 0. The van der Waals surface area contributed by atoms with Gasteiger partial charge < -0.3 is 0 Å². The molecule has 4 rings (SSSR count). The van der Waals surface area contributed by atoms with E-state index in [9.17, 15) is 4.79 Å². The van der Waals surface area contributed by atoms with Crippen molar-refractivity contribution in [3.8, 4) is 0 Å². The SMILES string of the molecule is CC1C(=O)N(Cc2ccccc2)C2=Nc3ccccc3SC21. The Bertz CT molecular complexity index is 757. The van der Waals surface area contributed by atoms with Crippen LogP contribution in [-0.4, -0.2) is 21.9 Å². The first-order valence-electron chi connectivity index (χ1n) is 7.43. The van der Waals surface area contributed by atoms with Crippen molar-refractivity contribution in [2.45, 2.75) is 23.6 Å². The first-order chi connectivity index (χ1) is 10.7. The molecule has 1 amide bonds. The minimum atomic E-state index is -0.0270. The van der Waals surface area contributed by atoms with Gasteiger partial charge in [0.25, 0.3) is 0 Å². The number of rotatable bonds is 2. The van der Waals surface area contributed by atoms with Gasteiger partial charge in [-0.1, -0.05) is 49.4 Å². The number of nitrogens with zero attached hydrogens (tertiary/aromatic N) is 2. The third kappa shape index (κ3) is 2.15. The molecular formula is C18H16N2OS. The zero-order valence-electron chi connectivity index (χ0n) is 12.3. The number of amides is 1. The molecule has 2 aromatic rings. The summed E-state index contributed by atoms with van der Waals surface area (Å²) in [6.45, 7) is 2.61. The van der Waals surface area contributed by atoms with Crippen molar-refractivity contribution in [3.63, 3.8) is 0 Å². The Morgan fingerprint density at radius 1 is 1.09 bits per heavy atom. The van der Waals surface area contributed by atoms with Gasteiger partial charge in [-0.15, -0.1) is 11.8 Å². The Labute approximate surface area is 134 Å². The maximum atomic E-state index is 12.7. The summed E-state index contributed by atoms with van der Waals surface area (Å²) in [7, 11) is 0. The summed E-state index contributed by atoms with van der Waals surface area (Å²) < 4.78 is 0. The molecule has 0 spiro atoms. The van der Waals surface area contributed by atoms with Gasteiger partial charge in [-0.3, -0.25) is 9.69 Å². The van der Waals surface area contributed by atoms with Crippen LogP contribution >= 0.6 is 11.8 Å². The third-order valence-electron chi connectivity index (χ3n) is 4.18. The van der Waals surface area contributed by atoms with Crippen molar-refractivity contribution in [2.24, 2.45) is 10.9 Å². The first kappa shape index (κ1) is 13.6. The molecular weight excluding hydrogens is 292 g/mol. The quantitative estimate of drug-likeness (QED) is 0.843. The van der Waals surface area contributed by atoms with Crippen molar-refractivity contribution in [1.29, 1.82) is 0 Å². The molecule has 110 valence electrons. The Kier molecular flexibility index (Phi) is 3.26. The highest BCUT2D eigenvalue weighted by Crippen LogP contribution is 2.44. The van der Waals surface area contributed by atoms with E-state index < -0.39 is 0 Å². The number of aliphatic imine (C=N–C) groups is 1. The lowest BCUT2D eigenvalue weighted by Crippen LogP contribution is -2.31. The van der Waals surface area contributed by atoms with Gasteiger partial charge in [0, 0.05) is 4.90 Å². The second kappa shape index (κ2) is 5.29. The van der Waals surface area contributed by atoms with Crippen LogP contribution in [0.5, 0.6) is 0 Å². The fourth-order valence-corrected chi connectivity index (χ4v) is 4.25. The lowest BCUT2D eigenvalue weighted by atomic mass is 10.1. The minimum absolute atomic E-state index is 0.0270. The summed E-state index contributed by atoms with van der Waals surface area (Å²) in [4.78, 5) is 20.5. The van der Waals surface area contributed by atoms with E-state index in [1.165, 1.54) is 0 Å². The van der Waals surface area contributed by atoms with E-state index in [0.717, 1.165) is 22.0 Å². The van der Waals surface area contributed by atoms with Crippen LogP contribution in [0.2, 0.25) is 0 Å². The molecule has 4 heteroatoms. The smallest absolute Gasteiger partial charge is 0.232 e. The number of likely N-dealkylation sites (tertiary alicyclic amines) is 1. The zero-order valence-corrected chi connectivity index (χ0v) is 13.1. The van der Waals surface area contributed by atoms with Crippen molar-refractivity contribution < 1.29 is 4.79 Å². The van der Waals surface area contributed by atoms with E-state index >= 15 is 0 Å². The maximum absolute atomic E-state index is 12.7. The maximum Gasteiger partial charge on any atom is 0.232 e. The minimum Gasteiger partial charge on any atom is -0.295 e. The van der Waals surface area contributed by atoms with Crippen LogP contribution in [0.25, 0.3) is 0 Å². The second-order valence-electron chi connectivity index (χ2n) is 5.67. The predicted molar refractivity (Wildman–Crippen MR) is 89.3 cm³/mol. The van der Waals surface area contributed by atoms with E-state index in [2.05, 4.69) is 18.2 Å². The van der Waals surface area contributed by atoms with Gasteiger partial charge in [-0.25, -0.2) is 4.99 Å². The molecule has 22 heavy (non-hydrogen) atoms. The number of thioether (sulfide) groups is 1. The topological polar surface area (TPSA) is 32.7 Å². The summed E-state index contributed by atoms with van der Waals surface area (Å²) in [5, 5.41) is 0.131. The Morgan fingerprint density at radius 3 is 2.64 bits per heavy atom. The number of hydrogen-bond acceptors (Lipinski definition) is 3. The summed E-state index contributed by atoms with van der Waals surface area (Å²) in [6, 6.07) is 18.2. The van der Waals surface area contributed by atoms with Gasteiger partial charge in [0.05, 0.1) is 23.4 Å². The molecule has 2 aliphatic rings.